The fourth-order valence-electron chi connectivity index (χ4n) is 1.58. The Hall–Kier alpha value is -0.660. The van der Waals surface area contributed by atoms with Crippen LogP contribution in [0, 0.1) is 0 Å². The SMILES string of the molecule is CCCCCCCC[N+]1=CC=NC1. The van der Waals surface area contributed by atoms with Gasteiger partial charge in [-0.15, -0.1) is 0 Å². The first-order chi connectivity index (χ1) is 6.43. The van der Waals surface area contributed by atoms with E-state index in [0.717, 1.165) is 6.67 Å². The van der Waals surface area contributed by atoms with E-state index < -0.39 is 0 Å². The smallest absolute Gasteiger partial charge is 0.222 e. The Morgan fingerprint density at radius 3 is 2.62 bits per heavy atom. The van der Waals surface area contributed by atoms with E-state index in [0.29, 0.717) is 0 Å². The number of aliphatic imine (C=N–C) groups is 1. The molecule has 0 spiro atoms. The first-order valence-electron chi connectivity index (χ1n) is 5.51. The molecule has 0 saturated heterocycles. The van der Waals surface area contributed by atoms with Gasteiger partial charge in [0.05, 0.1) is 6.21 Å². The molecule has 0 aromatic rings. The Kier molecular flexibility index (Phi) is 5.46. The molecule has 1 rings (SSSR count). The molecule has 0 aliphatic carbocycles. The van der Waals surface area contributed by atoms with Gasteiger partial charge >= 0.3 is 0 Å². The topological polar surface area (TPSA) is 15.4 Å². The molecule has 0 radical (unpaired) electrons. The molecular formula is C11H21N2+. The van der Waals surface area contributed by atoms with E-state index in [4.69, 9.17) is 0 Å². The minimum Gasteiger partial charge on any atom is -0.222 e. The van der Waals surface area contributed by atoms with Gasteiger partial charge in [0, 0.05) is 6.42 Å². The van der Waals surface area contributed by atoms with Gasteiger partial charge in [0.1, 0.15) is 6.54 Å². The van der Waals surface area contributed by atoms with Crippen LogP contribution >= 0.6 is 0 Å². The first-order valence-corrected chi connectivity index (χ1v) is 5.51. The molecule has 0 fully saturated rings. The maximum absolute atomic E-state index is 4.14. The standard InChI is InChI=1S/C11H21N2/c1-2-3-4-5-6-7-9-13-10-8-12-11-13/h8,10H,2-7,9,11H2,1H3/q+1. The van der Waals surface area contributed by atoms with Crippen molar-refractivity contribution in [1.82, 2.24) is 0 Å². The van der Waals surface area contributed by atoms with Crippen LogP contribution in [-0.4, -0.2) is 30.2 Å². The van der Waals surface area contributed by atoms with E-state index in [2.05, 4.69) is 22.7 Å². The molecular weight excluding hydrogens is 160 g/mol. The van der Waals surface area contributed by atoms with Gasteiger partial charge < -0.3 is 0 Å². The monoisotopic (exact) mass is 181 g/mol. The quantitative estimate of drug-likeness (QED) is 0.423. The Labute approximate surface area is 81.4 Å². The van der Waals surface area contributed by atoms with Crippen LogP contribution < -0.4 is 0 Å². The Balaban J connectivity index is 1.84. The van der Waals surface area contributed by atoms with E-state index in [1.807, 2.05) is 6.21 Å². The highest BCUT2D eigenvalue weighted by atomic mass is 15.1. The molecule has 2 heteroatoms. The van der Waals surface area contributed by atoms with E-state index in [1.165, 1.54) is 45.1 Å². The summed E-state index contributed by atoms with van der Waals surface area (Å²) in [5.41, 5.74) is 0. The van der Waals surface area contributed by atoms with Crippen molar-refractivity contribution < 1.29 is 4.58 Å². The summed E-state index contributed by atoms with van der Waals surface area (Å²) in [5.74, 6) is 0. The fourth-order valence-corrected chi connectivity index (χ4v) is 1.58. The second kappa shape index (κ2) is 6.81. The molecule has 0 bridgehead atoms. The van der Waals surface area contributed by atoms with Crippen molar-refractivity contribution >= 4 is 12.4 Å². The molecule has 2 nitrogen and oxygen atoms in total. The number of hydrogen-bond donors (Lipinski definition) is 0. The predicted molar refractivity (Wildman–Crippen MR) is 57.9 cm³/mol. The van der Waals surface area contributed by atoms with Crippen LogP contribution in [0.2, 0.25) is 0 Å². The van der Waals surface area contributed by atoms with E-state index >= 15 is 0 Å². The summed E-state index contributed by atoms with van der Waals surface area (Å²) in [5, 5.41) is 0. The average molecular weight is 181 g/mol. The van der Waals surface area contributed by atoms with Gasteiger partial charge in [-0.25, -0.2) is 9.57 Å². The molecule has 13 heavy (non-hydrogen) atoms. The third-order valence-electron chi connectivity index (χ3n) is 2.45. The minimum atomic E-state index is 0.884. The lowest BCUT2D eigenvalue weighted by Crippen LogP contribution is -2.10. The highest BCUT2D eigenvalue weighted by molar-refractivity contribution is 6.14. The number of nitrogens with zero attached hydrogens (tertiary/aromatic N) is 2. The lowest BCUT2D eigenvalue weighted by atomic mass is 10.1. The predicted octanol–water partition coefficient (Wildman–Crippen LogP) is 2.47. The summed E-state index contributed by atoms with van der Waals surface area (Å²) in [6.45, 7) is 4.33. The van der Waals surface area contributed by atoms with Crippen molar-refractivity contribution in [3.8, 4) is 0 Å². The molecule has 74 valence electrons. The lowest BCUT2D eigenvalue weighted by molar-refractivity contribution is -0.517. The van der Waals surface area contributed by atoms with Gasteiger partial charge in [-0.1, -0.05) is 32.6 Å². The summed E-state index contributed by atoms with van der Waals surface area (Å²) in [4.78, 5) is 4.14. The van der Waals surface area contributed by atoms with Crippen LogP contribution in [-0.2, 0) is 0 Å². The van der Waals surface area contributed by atoms with Gasteiger partial charge in [0.25, 0.3) is 0 Å². The highest BCUT2D eigenvalue weighted by Gasteiger charge is 2.04. The van der Waals surface area contributed by atoms with Crippen molar-refractivity contribution in [3.63, 3.8) is 0 Å². The van der Waals surface area contributed by atoms with Crippen LogP contribution in [0.3, 0.4) is 0 Å². The summed E-state index contributed by atoms with van der Waals surface area (Å²) >= 11 is 0. The van der Waals surface area contributed by atoms with E-state index in [1.54, 1.807) is 0 Å². The molecule has 1 aliphatic rings. The zero-order valence-corrected chi connectivity index (χ0v) is 8.71. The van der Waals surface area contributed by atoms with Crippen LogP contribution in [0.4, 0.5) is 0 Å². The number of unbranched alkanes of at least 4 members (excludes halogenated alkanes) is 5. The van der Waals surface area contributed by atoms with Crippen molar-refractivity contribution in [2.24, 2.45) is 4.99 Å². The van der Waals surface area contributed by atoms with Gasteiger partial charge in [-0.05, 0) is 6.42 Å². The maximum atomic E-state index is 4.14. The molecule has 0 unspecified atom stereocenters. The van der Waals surface area contributed by atoms with Crippen molar-refractivity contribution in [3.05, 3.63) is 0 Å². The lowest BCUT2D eigenvalue weighted by Gasteiger charge is -1.98. The molecule has 1 aliphatic heterocycles. The molecule has 1 heterocycles. The number of hydrogen-bond acceptors (Lipinski definition) is 1. The second-order valence-electron chi connectivity index (χ2n) is 3.70. The van der Waals surface area contributed by atoms with Gasteiger partial charge in [0.15, 0.2) is 6.21 Å². The Morgan fingerprint density at radius 1 is 1.15 bits per heavy atom. The normalized spacial score (nSPS) is 15.0. The summed E-state index contributed by atoms with van der Waals surface area (Å²) < 4.78 is 2.28. The van der Waals surface area contributed by atoms with Gasteiger partial charge in [0.2, 0.25) is 6.67 Å². The maximum Gasteiger partial charge on any atom is 0.235 e. The van der Waals surface area contributed by atoms with Crippen LogP contribution in [0.25, 0.3) is 0 Å². The Morgan fingerprint density at radius 2 is 1.92 bits per heavy atom. The first kappa shape index (κ1) is 10.4. The molecule has 0 N–H and O–H groups in total. The van der Waals surface area contributed by atoms with Crippen molar-refractivity contribution in [2.45, 2.75) is 45.4 Å². The number of rotatable bonds is 7. The zero-order chi connectivity index (χ0) is 9.36. The second-order valence-corrected chi connectivity index (χ2v) is 3.70. The van der Waals surface area contributed by atoms with Gasteiger partial charge in [-0.3, -0.25) is 0 Å². The molecule has 0 aromatic carbocycles. The van der Waals surface area contributed by atoms with Crippen LogP contribution in [0.15, 0.2) is 4.99 Å². The minimum absolute atomic E-state index is 0.884. The van der Waals surface area contributed by atoms with Crippen LogP contribution in [0.5, 0.6) is 0 Å². The molecule has 0 saturated carbocycles. The molecule has 0 aromatic heterocycles. The summed E-state index contributed by atoms with van der Waals surface area (Å²) in [6, 6.07) is 0. The van der Waals surface area contributed by atoms with Gasteiger partial charge in [-0.2, -0.15) is 0 Å². The average Bonchev–Trinajstić information content (AvgIpc) is 2.63. The third-order valence-corrected chi connectivity index (χ3v) is 2.45. The highest BCUT2D eigenvalue weighted by Crippen LogP contribution is 2.04. The largest absolute Gasteiger partial charge is 0.235 e. The zero-order valence-electron chi connectivity index (χ0n) is 8.71. The van der Waals surface area contributed by atoms with E-state index in [-0.39, 0.29) is 0 Å². The summed E-state index contributed by atoms with van der Waals surface area (Å²) in [6.07, 6.45) is 12.3. The van der Waals surface area contributed by atoms with Crippen molar-refractivity contribution in [1.29, 1.82) is 0 Å². The Bertz CT molecular complexity index is 183. The molecule has 0 amide bonds. The van der Waals surface area contributed by atoms with E-state index in [9.17, 15) is 0 Å². The van der Waals surface area contributed by atoms with Crippen LogP contribution in [0.1, 0.15) is 45.4 Å². The summed E-state index contributed by atoms with van der Waals surface area (Å²) in [7, 11) is 0. The fraction of sp³-hybridized carbons (Fsp3) is 0.818. The van der Waals surface area contributed by atoms with Crippen molar-refractivity contribution in [2.75, 3.05) is 13.2 Å². The third kappa shape index (κ3) is 4.81. The molecule has 0 atom stereocenters.